The van der Waals surface area contributed by atoms with Crippen molar-refractivity contribution in [2.24, 2.45) is 0 Å². The molecule has 0 aliphatic heterocycles. The second kappa shape index (κ2) is 2.94. The van der Waals surface area contributed by atoms with E-state index in [1.165, 1.54) is 12.3 Å². The third-order valence-corrected chi connectivity index (χ3v) is 1.20. The number of hydrogen-bond acceptors (Lipinski definition) is 1. The highest BCUT2D eigenvalue weighted by Gasteiger charge is 2.21. The molecule has 5 heteroatoms. The van der Waals surface area contributed by atoms with E-state index >= 15 is 0 Å². The summed E-state index contributed by atoms with van der Waals surface area (Å²) in [7, 11) is 0. The van der Waals surface area contributed by atoms with E-state index in [2.05, 4.69) is 5.10 Å². The summed E-state index contributed by atoms with van der Waals surface area (Å²) in [6.07, 6.45) is -4.16. The summed E-state index contributed by atoms with van der Waals surface area (Å²) in [6, 6.07) is 1.47. The SMILES string of the molecule is Cc1ccn(C(F)C(F)F)n1. The van der Waals surface area contributed by atoms with Crippen LogP contribution in [0.5, 0.6) is 0 Å². The molecule has 1 aromatic heterocycles. The lowest BCUT2D eigenvalue weighted by Crippen LogP contribution is -2.12. The lowest BCUT2D eigenvalue weighted by atomic mass is 10.5. The van der Waals surface area contributed by atoms with E-state index in [0.29, 0.717) is 10.4 Å². The van der Waals surface area contributed by atoms with E-state index in [1.807, 2.05) is 0 Å². The number of aryl methyl sites for hydroxylation is 1. The van der Waals surface area contributed by atoms with Gasteiger partial charge in [-0.2, -0.15) is 5.10 Å². The van der Waals surface area contributed by atoms with Gasteiger partial charge in [-0.1, -0.05) is 0 Å². The number of halogens is 3. The maximum Gasteiger partial charge on any atom is 0.289 e. The molecule has 0 spiro atoms. The maximum absolute atomic E-state index is 12.4. The van der Waals surface area contributed by atoms with Crippen LogP contribution in [0.1, 0.15) is 12.0 Å². The van der Waals surface area contributed by atoms with E-state index < -0.39 is 12.7 Å². The average molecular weight is 164 g/mol. The summed E-state index contributed by atoms with van der Waals surface area (Å²) in [5.74, 6) is 0. The Bertz CT molecular complexity index is 233. The first-order chi connectivity index (χ1) is 5.11. The molecular formula is C6H7F3N2. The van der Waals surface area contributed by atoms with Crippen LogP contribution in [-0.2, 0) is 0 Å². The van der Waals surface area contributed by atoms with Crippen molar-refractivity contribution in [3.05, 3.63) is 18.0 Å². The van der Waals surface area contributed by atoms with Crippen molar-refractivity contribution in [3.8, 4) is 0 Å². The fourth-order valence-corrected chi connectivity index (χ4v) is 0.686. The molecule has 0 saturated carbocycles. The summed E-state index contributed by atoms with van der Waals surface area (Å²) < 4.78 is 36.4. The Kier molecular flexibility index (Phi) is 2.16. The van der Waals surface area contributed by atoms with Gasteiger partial charge in [0, 0.05) is 6.20 Å². The second-order valence-electron chi connectivity index (χ2n) is 2.14. The van der Waals surface area contributed by atoms with Crippen LogP contribution in [0.4, 0.5) is 13.2 Å². The van der Waals surface area contributed by atoms with Crippen LogP contribution in [0.25, 0.3) is 0 Å². The van der Waals surface area contributed by atoms with Crippen LogP contribution < -0.4 is 0 Å². The monoisotopic (exact) mass is 164 g/mol. The largest absolute Gasteiger partial charge is 0.289 e. The molecule has 62 valence electrons. The molecule has 2 nitrogen and oxygen atoms in total. The van der Waals surface area contributed by atoms with Gasteiger partial charge in [-0.15, -0.1) is 0 Å². The van der Waals surface area contributed by atoms with E-state index in [4.69, 9.17) is 0 Å². The highest BCUT2D eigenvalue weighted by Crippen LogP contribution is 2.16. The Morgan fingerprint density at radius 3 is 2.45 bits per heavy atom. The van der Waals surface area contributed by atoms with Crippen LogP contribution in [0.3, 0.4) is 0 Å². The van der Waals surface area contributed by atoms with Crippen molar-refractivity contribution in [2.75, 3.05) is 0 Å². The summed E-state index contributed by atoms with van der Waals surface area (Å²) in [4.78, 5) is 0. The molecule has 0 aliphatic rings. The average Bonchev–Trinajstić information content (AvgIpc) is 2.34. The predicted octanol–water partition coefficient (Wildman–Crippen LogP) is 1.92. The van der Waals surface area contributed by atoms with Crippen LogP contribution in [0, 0.1) is 6.92 Å². The Hall–Kier alpha value is -1.00. The molecule has 0 aliphatic carbocycles. The zero-order valence-corrected chi connectivity index (χ0v) is 5.84. The molecule has 11 heavy (non-hydrogen) atoms. The Balaban J connectivity index is 2.76. The topological polar surface area (TPSA) is 17.8 Å². The standard InChI is InChI=1S/C6H7F3N2/c1-4-2-3-11(10-4)6(9)5(7)8/h2-3,5-6H,1H3. The fraction of sp³-hybridized carbons (Fsp3) is 0.500. The van der Waals surface area contributed by atoms with Crippen molar-refractivity contribution < 1.29 is 13.2 Å². The number of rotatable bonds is 2. The molecule has 0 radical (unpaired) electrons. The summed E-state index contributed by atoms with van der Waals surface area (Å²) >= 11 is 0. The van der Waals surface area contributed by atoms with Gasteiger partial charge in [0.15, 0.2) is 0 Å². The maximum atomic E-state index is 12.4. The Morgan fingerprint density at radius 2 is 2.09 bits per heavy atom. The van der Waals surface area contributed by atoms with Gasteiger partial charge in [-0.05, 0) is 13.0 Å². The minimum atomic E-state index is -3.02. The quantitative estimate of drug-likeness (QED) is 0.653. The molecule has 0 amide bonds. The number of hydrogen-bond donors (Lipinski definition) is 0. The van der Waals surface area contributed by atoms with Gasteiger partial charge in [0.2, 0.25) is 0 Å². The van der Waals surface area contributed by atoms with E-state index in [1.54, 1.807) is 6.92 Å². The Labute approximate surface area is 61.6 Å². The van der Waals surface area contributed by atoms with Gasteiger partial charge in [-0.25, -0.2) is 17.9 Å². The number of aromatic nitrogens is 2. The lowest BCUT2D eigenvalue weighted by Gasteiger charge is -2.05. The zero-order chi connectivity index (χ0) is 8.43. The lowest BCUT2D eigenvalue weighted by molar-refractivity contribution is 0.000626. The van der Waals surface area contributed by atoms with E-state index in [9.17, 15) is 13.2 Å². The molecular weight excluding hydrogens is 157 g/mol. The van der Waals surface area contributed by atoms with Crippen LogP contribution in [0.15, 0.2) is 12.3 Å². The van der Waals surface area contributed by atoms with Crippen molar-refractivity contribution in [2.45, 2.75) is 19.6 Å². The van der Waals surface area contributed by atoms with Gasteiger partial charge in [0.05, 0.1) is 5.69 Å². The smallest absolute Gasteiger partial charge is 0.233 e. The minimum absolute atomic E-state index is 0.522. The molecule has 0 N–H and O–H groups in total. The predicted molar refractivity (Wildman–Crippen MR) is 33.1 cm³/mol. The first kappa shape index (κ1) is 8.10. The Morgan fingerprint density at radius 1 is 1.45 bits per heavy atom. The second-order valence-corrected chi connectivity index (χ2v) is 2.14. The highest BCUT2D eigenvalue weighted by atomic mass is 19.3. The molecule has 0 saturated heterocycles. The van der Waals surface area contributed by atoms with Crippen molar-refractivity contribution in [1.82, 2.24) is 9.78 Å². The van der Waals surface area contributed by atoms with Gasteiger partial charge in [-0.3, -0.25) is 0 Å². The molecule has 0 bridgehead atoms. The third-order valence-electron chi connectivity index (χ3n) is 1.20. The molecule has 1 atom stereocenters. The molecule has 1 aromatic rings. The fourth-order valence-electron chi connectivity index (χ4n) is 0.686. The first-order valence-corrected chi connectivity index (χ1v) is 3.05. The molecule has 1 rings (SSSR count). The van der Waals surface area contributed by atoms with Gasteiger partial charge in [0.1, 0.15) is 0 Å². The molecule has 1 heterocycles. The van der Waals surface area contributed by atoms with E-state index in [0.717, 1.165) is 0 Å². The van der Waals surface area contributed by atoms with Gasteiger partial charge in [0.25, 0.3) is 12.7 Å². The van der Waals surface area contributed by atoms with E-state index in [-0.39, 0.29) is 0 Å². The molecule has 1 unspecified atom stereocenters. The van der Waals surface area contributed by atoms with Gasteiger partial charge < -0.3 is 0 Å². The van der Waals surface area contributed by atoms with Crippen LogP contribution in [0.2, 0.25) is 0 Å². The number of nitrogens with zero attached hydrogens (tertiary/aromatic N) is 2. The highest BCUT2D eigenvalue weighted by molar-refractivity contribution is 4.95. The van der Waals surface area contributed by atoms with Crippen LogP contribution >= 0.6 is 0 Å². The van der Waals surface area contributed by atoms with Crippen molar-refractivity contribution >= 4 is 0 Å². The summed E-state index contributed by atoms with van der Waals surface area (Å²) in [6.45, 7) is 1.61. The van der Waals surface area contributed by atoms with Crippen molar-refractivity contribution in [3.63, 3.8) is 0 Å². The normalized spacial score (nSPS) is 13.9. The molecule has 0 fully saturated rings. The third kappa shape index (κ3) is 1.72. The van der Waals surface area contributed by atoms with Gasteiger partial charge >= 0.3 is 0 Å². The van der Waals surface area contributed by atoms with Crippen molar-refractivity contribution in [1.29, 1.82) is 0 Å². The minimum Gasteiger partial charge on any atom is -0.233 e. The molecule has 0 aromatic carbocycles. The zero-order valence-electron chi connectivity index (χ0n) is 5.84. The summed E-state index contributed by atoms with van der Waals surface area (Å²) in [5, 5.41) is 3.49. The summed E-state index contributed by atoms with van der Waals surface area (Å²) in [5.41, 5.74) is 0.522. The first-order valence-electron chi connectivity index (χ1n) is 3.05. The number of alkyl halides is 3. The van der Waals surface area contributed by atoms with Crippen LogP contribution in [-0.4, -0.2) is 16.2 Å².